The molecule has 1 N–H and O–H groups in total. The van der Waals surface area contributed by atoms with Gasteiger partial charge in [0.15, 0.2) is 5.06 Å². The van der Waals surface area contributed by atoms with E-state index in [4.69, 9.17) is 5.11 Å². The van der Waals surface area contributed by atoms with Crippen molar-refractivity contribution in [1.82, 2.24) is 4.98 Å². The summed E-state index contributed by atoms with van der Waals surface area (Å²) in [7, 11) is 0. The molecule has 0 radical (unpaired) electrons. The normalized spacial score (nSPS) is 12.1. The lowest BCUT2D eigenvalue weighted by Crippen LogP contribution is -1.97. The fourth-order valence-electron chi connectivity index (χ4n) is 1.63. The van der Waals surface area contributed by atoms with Crippen molar-refractivity contribution in [3.8, 4) is 5.06 Å². The smallest absolute Gasteiger partial charge is 0.191 e. The van der Waals surface area contributed by atoms with Crippen LogP contribution in [0.15, 0.2) is 30.5 Å². The summed E-state index contributed by atoms with van der Waals surface area (Å²) in [5.74, 6) is 0. The summed E-state index contributed by atoms with van der Waals surface area (Å²) in [6, 6.07) is 8.83. The Balaban J connectivity index is 0.000000120. The number of rotatable bonds is 1. The molecule has 0 unspecified atom stereocenters. The van der Waals surface area contributed by atoms with Gasteiger partial charge in [0.1, 0.15) is 0 Å². The van der Waals surface area contributed by atoms with Crippen molar-refractivity contribution in [2.75, 3.05) is 0 Å². The van der Waals surface area contributed by atoms with Gasteiger partial charge < -0.3 is 5.11 Å². The fourth-order valence-corrected chi connectivity index (χ4v) is 2.22. The Labute approximate surface area is 99.6 Å². The van der Waals surface area contributed by atoms with Crippen LogP contribution in [0.5, 0.6) is 5.06 Å². The SMILES string of the molecule is CCc1ncc(O)s1.c1cc2ccc1CC2. The van der Waals surface area contributed by atoms with Gasteiger partial charge in [-0.25, -0.2) is 4.98 Å². The van der Waals surface area contributed by atoms with E-state index in [2.05, 4.69) is 29.2 Å². The Bertz CT molecular complexity index is 424. The minimum absolute atomic E-state index is 0.307. The van der Waals surface area contributed by atoms with Crippen LogP contribution < -0.4 is 0 Å². The van der Waals surface area contributed by atoms with Gasteiger partial charge in [0, 0.05) is 0 Å². The van der Waals surface area contributed by atoms with Gasteiger partial charge in [-0.1, -0.05) is 42.5 Å². The Morgan fingerprint density at radius 3 is 1.94 bits per heavy atom. The maximum Gasteiger partial charge on any atom is 0.191 e. The number of aryl methyl sites for hydroxylation is 3. The van der Waals surface area contributed by atoms with Crippen LogP contribution in [0.4, 0.5) is 0 Å². The topological polar surface area (TPSA) is 33.1 Å². The molecule has 0 saturated heterocycles. The molecule has 1 heterocycles. The van der Waals surface area contributed by atoms with Crippen molar-refractivity contribution in [2.45, 2.75) is 26.2 Å². The van der Waals surface area contributed by atoms with Gasteiger partial charge in [-0.2, -0.15) is 0 Å². The second kappa shape index (κ2) is 5.12. The standard InChI is InChI=1S/C8H8.C5H7NOS/c1-2-8-5-3-7(1)4-6-8;1-2-4-6-3-5(7)8-4/h1-3,5H,4,6H2;3,7H,2H2,1H3. The highest BCUT2D eigenvalue weighted by Crippen LogP contribution is 2.18. The molecule has 3 heteroatoms. The molecular weight excluding hydrogens is 218 g/mol. The van der Waals surface area contributed by atoms with Crippen molar-refractivity contribution in [2.24, 2.45) is 0 Å². The van der Waals surface area contributed by atoms with Crippen LogP contribution in [0.25, 0.3) is 0 Å². The molecule has 16 heavy (non-hydrogen) atoms. The van der Waals surface area contributed by atoms with Crippen molar-refractivity contribution in [3.63, 3.8) is 0 Å². The number of nitrogens with zero attached hydrogens (tertiary/aromatic N) is 1. The van der Waals surface area contributed by atoms with Crippen molar-refractivity contribution in [3.05, 3.63) is 46.6 Å². The summed E-state index contributed by atoms with van der Waals surface area (Å²) in [5.41, 5.74) is 2.97. The first kappa shape index (κ1) is 11.1. The van der Waals surface area contributed by atoms with E-state index >= 15 is 0 Å². The number of aromatic nitrogens is 1. The zero-order valence-electron chi connectivity index (χ0n) is 9.31. The van der Waals surface area contributed by atoms with Gasteiger partial charge >= 0.3 is 0 Å². The van der Waals surface area contributed by atoms with E-state index in [0.29, 0.717) is 5.06 Å². The van der Waals surface area contributed by atoms with Crippen LogP contribution in [-0.4, -0.2) is 10.1 Å². The first-order valence-corrected chi connectivity index (χ1v) is 6.31. The number of hydrogen-bond acceptors (Lipinski definition) is 3. The predicted molar refractivity (Wildman–Crippen MR) is 67.0 cm³/mol. The Hall–Kier alpha value is -1.35. The lowest BCUT2D eigenvalue weighted by atomic mass is 9.97. The van der Waals surface area contributed by atoms with Crippen LogP contribution in [0, 0.1) is 0 Å². The lowest BCUT2D eigenvalue weighted by Gasteiger charge is -2.09. The summed E-state index contributed by atoms with van der Waals surface area (Å²) in [5, 5.41) is 10.0. The third-order valence-corrected chi connectivity index (χ3v) is 3.51. The van der Waals surface area contributed by atoms with Crippen LogP contribution in [0.2, 0.25) is 0 Å². The maximum atomic E-state index is 8.74. The highest BCUT2D eigenvalue weighted by molar-refractivity contribution is 7.13. The molecule has 1 aromatic carbocycles. The van der Waals surface area contributed by atoms with Gasteiger partial charge in [0.2, 0.25) is 0 Å². The molecule has 2 aliphatic carbocycles. The molecule has 1 aromatic heterocycles. The molecule has 84 valence electrons. The number of thiazole rings is 1. The zero-order chi connectivity index (χ0) is 11.4. The van der Waals surface area contributed by atoms with Crippen LogP contribution in [0.1, 0.15) is 23.1 Å². The van der Waals surface area contributed by atoms with Crippen LogP contribution in [-0.2, 0) is 19.3 Å². The van der Waals surface area contributed by atoms with E-state index in [1.54, 1.807) is 0 Å². The molecule has 0 spiro atoms. The molecule has 2 nitrogen and oxygen atoms in total. The van der Waals surface area contributed by atoms with E-state index in [1.165, 1.54) is 41.5 Å². The Morgan fingerprint density at radius 2 is 1.75 bits per heavy atom. The van der Waals surface area contributed by atoms with Crippen LogP contribution >= 0.6 is 11.3 Å². The third-order valence-electron chi connectivity index (χ3n) is 2.57. The monoisotopic (exact) mass is 233 g/mol. The van der Waals surface area contributed by atoms with Gasteiger partial charge in [-0.3, -0.25) is 0 Å². The first-order chi connectivity index (χ1) is 7.78. The molecule has 0 amide bonds. The van der Waals surface area contributed by atoms with Gasteiger partial charge in [0.05, 0.1) is 11.2 Å². The second-order valence-corrected chi connectivity index (χ2v) is 4.86. The largest absolute Gasteiger partial charge is 0.498 e. The van der Waals surface area contributed by atoms with Gasteiger partial charge in [-0.15, -0.1) is 0 Å². The maximum absolute atomic E-state index is 8.74. The molecule has 0 fully saturated rings. The molecule has 2 aliphatic rings. The van der Waals surface area contributed by atoms with Crippen molar-refractivity contribution >= 4 is 11.3 Å². The van der Waals surface area contributed by atoms with E-state index in [9.17, 15) is 0 Å². The molecule has 0 saturated carbocycles. The van der Waals surface area contributed by atoms with Gasteiger partial charge in [0.25, 0.3) is 0 Å². The second-order valence-electron chi connectivity index (χ2n) is 3.76. The molecule has 0 aliphatic heterocycles. The lowest BCUT2D eigenvalue weighted by molar-refractivity contribution is 0.489. The summed E-state index contributed by atoms with van der Waals surface area (Å²) in [6.07, 6.45) is 4.92. The predicted octanol–water partition coefficient (Wildman–Crippen LogP) is 3.20. The van der Waals surface area contributed by atoms with Crippen molar-refractivity contribution < 1.29 is 5.11 Å². The quantitative estimate of drug-likeness (QED) is 0.820. The highest BCUT2D eigenvalue weighted by Gasteiger charge is 2.01. The zero-order valence-corrected chi connectivity index (χ0v) is 10.1. The minimum Gasteiger partial charge on any atom is -0.498 e. The number of aromatic hydroxyl groups is 1. The summed E-state index contributed by atoms with van der Waals surface area (Å²) < 4.78 is 0. The molecule has 0 atom stereocenters. The van der Waals surface area contributed by atoms with Crippen molar-refractivity contribution in [1.29, 1.82) is 0 Å². The summed E-state index contributed by atoms with van der Waals surface area (Å²) >= 11 is 1.33. The average Bonchev–Trinajstić information content (AvgIpc) is 2.78. The fraction of sp³-hybridized carbons (Fsp3) is 0.308. The van der Waals surface area contributed by atoms with E-state index in [1.807, 2.05) is 6.92 Å². The van der Waals surface area contributed by atoms with E-state index in [0.717, 1.165) is 11.4 Å². The highest BCUT2D eigenvalue weighted by atomic mass is 32.1. The number of hydrogen-bond donors (Lipinski definition) is 1. The van der Waals surface area contributed by atoms with E-state index in [-0.39, 0.29) is 0 Å². The summed E-state index contributed by atoms with van der Waals surface area (Å²) in [4.78, 5) is 3.90. The molecular formula is C13H15NOS. The van der Waals surface area contributed by atoms with Crippen LogP contribution in [0.3, 0.4) is 0 Å². The minimum atomic E-state index is 0.307. The van der Waals surface area contributed by atoms with Gasteiger partial charge in [-0.05, 0) is 30.4 Å². The number of benzene rings is 1. The molecule has 2 aromatic rings. The first-order valence-electron chi connectivity index (χ1n) is 5.49. The molecule has 2 bridgehead atoms. The third kappa shape index (κ3) is 2.83. The number of fused-ring (bicyclic) bond motifs is 3. The Morgan fingerprint density at radius 1 is 1.19 bits per heavy atom. The molecule has 4 rings (SSSR count). The van der Waals surface area contributed by atoms with E-state index < -0.39 is 0 Å². The summed E-state index contributed by atoms with van der Waals surface area (Å²) in [6.45, 7) is 2.01. The Kier molecular flexibility index (Phi) is 3.57. The average molecular weight is 233 g/mol.